The van der Waals surface area contributed by atoms with Gasteiger partial charge in [0, 0.05) is 30.4 Å². The molecular weight excluding hydrogens is 360 g/mol. The first kappa shape index (κ1) is 18.2. The molecule has 0 saturated carbocycles. The fourth-order valence-electron chi connectivity index (χ4n) is 5.39. The summed E-state index contributed by atoms with van der Waals surface area (Å²) in [5, 5.41) is 7.19. The van der Waals surface area contributed by atoms with E-state index in [9.17, 15) is 4.79 Å². The van der Waals surface area contributed by atoms with Crippen molar-refractivity contribution < 1.29 is 9.32 Å². The zero-order valence-electron chi connectivity index (χ0n) is 16.9. The number of hydrogen-bond donors (Lipinski definition) is 1. The highest BCUT2D eigenvalue weighted by molar-refractivity contribution is 5.76. The van der Waals surface area contributed by atoms with Crippen LogP contribution in [0.5, 0.6) is 0 Å². The molecule has 3 aliphatic carbocycles. The molecule has 0 spiro atoms. The van der Waals surface area contributed by atoms with E-state index >= 15 is 0 Å². The van der Waals surface area contributed by atoms with Crippen LogP contribution in [-0.2, 0) is 11.2 Å². The molecule has 1 heterocycles. The number of nitrogens with one attached hydrogen (secondary N) is 1. The summed E-state index contributed by atoms with van der Waals surface area (Å²) in [7, 11) is 0. The van der Waals surface area contributed by atoms with E-state index in [1.54, 1.807) is 0 Å². The van der Waals surface area contributed by atoms with E-state index in [0.717, 1.165) is 30.0 Å². The number of carbonyl (C=O) groups is 1. The second-order valence-electron chi connectivity index (χ2n) is 8.39. The smallest absolute Gasteiger partial charge is 0.220 e. The number of hydrogen-bond acceptors (Lipinski definition) is 3. The minimum Gasteiger partial charge on any atom is -0.361 e. The molecule has 148 valence electrons. The van der Waals surface area contributed by atoms with Gasteiger partial charge >= 0.3 is 0 Å². The van der Waals surface area contributed by atoms with Crippen LogP contribution in [0.2, 0.25) is 0 Å². The molecule has 3 aliphatic rings. The summed E-state index contributed by atoms with van der Waals surface area (Å²) in [6, 6.07) is 17.7. The van der Waals surface area contributed by atoms with Crippen LogP contribution < -0.4 is 5.32 Å². The van der Waals surface area contributed by atoms with Crippen molar-refractivity contribution in [1.82, 2.24) is 10.5 Å². The number of amides is 1. The van der Waals surface area contributed by atoms with E-state index < -0.39 is 0 Å². The van der Waals surface area contributed by atoms with Gasteiger partial charge < -0.3 is 9.84 Å². The quantitative estimate of drug-likeness (QED) is 0.695. The maximum absolute atomic E-state index is 12.5. The number of nitrogens with zero attached hydrogens (tertiary/aromatic N) is 1. The van der Waals surface area contributed by atoms with Gasteiger partial charge in [0.15, 0.2) is 0 Å². The molecule has 0 saturated heterocycles. The lowest BCUT2D eigenvalue weighted by molar-refractivity contribution is -0.121. The Bertz CT molecular complexity index is 1000. The monoisotopic (exact) mass is 386 g/mol. The van der Waals surface area contributed by atoms with Crippen molar-refractivity contribution >= 4 is 5.91 Å². The highest BCUT2D eigenvalue weighted by Gasteiger charge is 2.42. The van der Waals surface area contributed by atoms with Gasteiger partial charge in [-0.1, -0.05) is 53.7 Å². The molecule has 1 aromatic heterocycles. The Morgan fingerprint density at radius 1 is 1.03 bits per heavy atom. The molecule has 2 aromatic carbocycles. The first-order valence-corrected chi connectivity index (χ1v) is 10.5. The maximum Gasteiger partial charge on any atom is 0.220 e. The van der Waals surface area contributed by atoms with Gasteiger partial charge in [0.2, 0.25) is 5.91 Å². The van der Waals surface area contributed by atoms with Crippen LogP contribution in [0.3, 0.4) is 0 Å². The molecule has 1 atom stereocenters. The SMILES string of the molecule is Cc1noc(C)c1CCC(=O)NC[C@H]1CC2c3ccccc3C1c1ccccc12. The molecule has 0 radical (unpaired) electrons. The average molecular weight is 386 g/mol. The van der Waals surface area contributed by atoms with Gasteiger partial charge in [-0.2, -0.15) is 0 Å². The highest BCUT2D eigenvalue weighted by atomic mass is 16.5. The van der Waals surface area contributed by atoms with Crippen LogP contribution in [-0.4, -0.2) is 17.6 Å². The number of aryl methyl sites for hydroxylation is 2. The third-order valence-corrected chi connectivity index (χ3v) is 6.77. The predicted octanol–water partition coefficient (Wildman–Crippen LogP) is 4.64. The van der Waals surface area contributed by atoms with Crippen molar-refractivity contribution in [1.29, 1.82) is 0 Å². The van der Waals surface area contributed by atoms with Crippen molar-refractivity contribution in [3.05, 3.63) is 87.8 Å². The van der Waals surface area contributed by atoms with E-state index in [1.165, 1.54) is 22.3 Å². The minimum absolute atomic E-state index is 0.105. The van der Waals surface area contributed by atoms with E-state index in [1.807, 2.05) is 13.8 Å². The van der Waals surface area contributed by atoms with Crippen molar-refractivity contribution in [3.63, 3.8) is 0 Å². The van der Waals surface area contributed by atoms with Gasteiger partial charge in [-0.25, -0.2) is 0 Å². The second kappa shape index (κ2) is 7.18. The van der Waals surface area contributed by atoms with Gasteiger partial charge in [-0.15, -0.1) is 0 Å². The topological polar surface area (TPSA) is 55.1 Å². The van der Waals surface area contributed by atoms with Gasteiger partial charge in [-0.05, 0) is 54.9 Å². The molecule has 29 heavy (non-hydrogen) atoms. The van der Waals surface area contributed by atoms with Crippen LogP contribution in [0.15, 0.2) is 53.1 Å². The standard InChI is InChI=1S/C25H26N2O2/c1-15-18(16(2)29-27-15)11-12-24(28)26-14-17-13-23-19-7-3-5-9-21(19)25(17)22-10-6-4-8-20(22)23/h3-10,17,23,25H,11-14H2,1-2H3,(H,26,28)/t17-,23?,25?/m1/s1. The normalized spacial score (nSPS) is 21.5. The van der Waals surface area contributed by atoms with Crippen LogP contribution in [0.25, 0.3) is 0 Å². The average Bonchev–Trinajstić information content (AvgIpc) is 3.08. The Morgan fingerprint density at radius 3 is 2.24 bits per heavy atom. The summed E-state index contributed by atoms with van der Waals surface area (Å²) in [6.45, 7) is 4.56. The number of benzene rings is 2. The summed E-state index contributed by atoms with van der Waals surface area (Å²) in [6.07, 6.45) is 2.25. The lowest BCUT2D eigenvalue weighted by Gasteiger charge is -2.45. The van der Waals surface area contributed by atoms with Crippen molar-refractivity contribution in [2.24, 2.45) is 5.92 Å². The first-order valence-electron chi connectivity index (χ1n) is 10.5. The van der Waals surface area contributed by atoms with E-state index in [2.05, 4.69) is 59.0 Å². The summed E-state index contributed by atoms with van der Waals surface area (Å²) in [5.74, 6) is 2.17. The molecular formula is C25H26N2O2. The molecule has 1 N–H and O–H groups in total. The molecule has 4 heteroatoms. The minimum atomic E-state index is 0.105. The van der Waals surface area contributed by atoms with Gasteiger partial charge in [0.25, 0.3) is 0 Å². The van der Waals surface area contributed by atoms with Crippen molar-refractivity contribution in [2.45, 2.75) is 44.9 Å². The Labute approximate surface area is 171 Å². The molecule has 0 aliphatic heterocycles. The molecule has 4 nitrogen and oxygen atoms in total. The summed E-state index contributed by atoms with van der Waals surface area (Å²) in [5.41, 5.74) is 7.76. The van der Waals surface area contributed by atoms with Crippen molar-refractivity contribution in [2.75, 3.05) is 6.54 Å². The lowest BCUT2D eigenvalue weighted by atomic mass is 9.59. The molecule has 1 amide bonds. The van der Waals surface area contributed by atoms with E-state index in [4.69, 9.17) is 4.52 Å². The zero-order valence-corrected chi connectivity index (χ0v) is 16.9. The Balaban J connectivity index is 1.30. The number of aromatic nitrogens is 1. The molecule has 3 aromatic rings. The predicted molar refractivity (Wildman–Crippen MR) is 112 cm³/mol. The van der Waals surface area contributed by atoms with Crippen molar-refractivity contribution in [3.8, 4) is 0 Å². The summed E-state index contributed by atoms with van der Waals surface area (Å²) < 4.78 is 5.20. The van der Waals surface area contributed by atoms with Crippen LogP contribution in [0.1, 0.15) is 63.9 Å². The van der Waals surface area contributed by atoms with Gasteiger partial charge in [0.1, 0.15) is 5.76 Å². The molecule has 2 bridgehead atoms. The Hall–Kier alpha value is -2.88. The van der Waals surface area contributed by atoms with Crippen LogP contribution >= 0.6 is 0 Å². The molecule has 0 fully saturated rings. The third kappa shape index (κ3) is 3.07. The first-order chi connectivity index (χ1) is 14.1. The fourth-order valence-corrected chi connectivity index (χ4v) is 5.39. The lowest BCUT2D eigenvalue weighted by Crippen LogP contribution is -2.39. The van der Waals surface area contributed by atoms with E-state index in [0.29, 0.717) is 30.6 Å². The van der Waals surface area contributed by atoms with Crippen LogP contribution in [0.4, 0.5) is 0 Å². The third-order valence-electron chi connectivity index (χ3n) is 6.77. The Morgan fingerprint density at radius 2 is 1.66 bits per heavy atom. The van der Waals surface area contributed by atoms with Gasteiger partial charge in [0.05, 0.1) is 5.69 Å². The zero-order chi connectivity index (χ0) is 20.0. The largest absolute Gasteiger partial charge is 0.361 e. The molecule has 0 unspecified atom stereocenters. The number of carbonyl (C=O) groups excluding carboxylic acids is 1. The maximum atomic E-state index is 12.5. The fraction of sp³-hybridized carbons (Fsp3) is 0.360. The van der Waals surface area contributed by atoms with E-state index in [-0.39, 0.29) is 5.91 Å². The van der Waals surface area contributed by atoms with Crippen LogP contribution in [0, 0.1) is 19.8 Å². The number of fused-ring (bicyclic) bond motifs is 1. The second-order valence-corrected chi connectivity index (χ2v) is 8.39. The highest BCUT2D eigenvalue weighted by Crippen LogP contribution is 2.55. The van der Waals surface area contributed by atoms with Gasteiger partial charge in [-0.3, -0.25) is 4.79 Å². The Kier molecular flexibility index (Phi) is 4.50. The number of rotatable bonds is 5. The summed E-state index contributed by atoms with van der Waals surface area (Å²) >= 11 is 0. The molecule has 6 rings (SSSR count). The summed E-state index contributed by atoms with van der Waals surface area (Å²) in [4.78, 5) is 12.5.